The van der Waals surface area contributed by atoms with E-state index in [-0.39, 0.29) is 28.8 Å². The molecule has 0 aliphatic carbocycles. The Labute approximate surface area is 232 Å². The van der Waals surface area contributed by atoms with Gasteiger partial charge in [-0.15, -0.1) is 0 Å². The summed E-state index contributed by atoms with van der Waals surface area (Å²) in [6.45, 7) is 2.34. The van der Waals surface area contributed by atoms with E-state index in [0.717, 1.165) is 6.42 Å². The van der Waals surface area contributed by atoms with Crippen molar-refractivity contribution in [2.24, 2.45) is 0 Å². The smallest absolute Gasteiger partial charge is 0.337 e. The van der Waals surface area contributed by atoms with Crippen LogP contribution < -0.4 is 15.5 Å². The molecule has 8 nitrogen and oxygen atoms in total. The topological polar surface area (TPSA) is 116 Å². The van der Waals surface area contributed by atoms with Crippen molar-refractivity contribution >= 4 is 40.8 Å². The lowest BCUT2D eigenvalue weighted by Gasteiger charge is -2.25. The molecule has 4 aromatic carbocycles. The summed E-state index contributed by atoms with van der Waals surface area (Å²) in [5.41, 5.74) is 2.25. The molecule has 0 saturated carbocycles. The van der Waals surface area contributed by atoms with Gasteiger partial charge in [-0.05, 0) is 73.2 Å². The number of carbonyl (C=O) groups excluding carboxylic acids is 3. The quantitative estimate of drug-likeness (QED) is 0.219. The first kappa shape index (κ1) is 27.8. The number of rotatable bonds is 10. The van der Waals surface area contributed by atoms with Crippen molar-refractivity contribution < 1.29 is 24.3 Å². The zero-order chi connectivity index (χ0) is 28.5. The van der Waals surface area contributed by atoms with Crippen LogP contribution in [-0.2, 0) is 0 Å². The Bertz CT molecular complexity index is 1500. The molecule has 0 unspecified atom stereocenters. The molecule has 0 aliphatic heterocycles. The summed E-state index contributed by atoms with van der Waals surface area (Å²) < 4.78 is 0. The van der Waals surface area contributed by atoms with Gasteiger partial charge in [0, 0.05) is 34.6 Å². The fourth-order valence-corrected chi connectivity index (χ4v) is 4.11. The maximum atomic E-state index is 13.3. The zero-order valence-electron chi connectivity index (χ0n) is 22.0. The number of nitrogens with one attached hydrogen (secondary N) is 2. The molecule has 0 saturated heterocycles. The molecule has 0 aromatic heterocycles. The summed E-state index contributed by atoms with van der Waals surface area (Å²) in [5.74, 6) is -2.23. The lowest BCUT2D eigenvalue weighted by atomic mass is 10.1. The predicted molar refractivity (Wildman–Crippen MR) is 155 cm³/mol. The van der Waals surface area contributed by atoms with Gasteiger partial charge in [0.1, 0.15) is 0 Å². The first-order valence-corrected chi connectivity index (χ1v) is 12.9. The zero-order valence-corrected chi connectivity index (χ0v) is 22.0. The van der Waals surface area contributed by atoms with Crippen molar-refractivity contribution in [1.82, 2.24) is 0 Å². The number of carboxylic acid groups (broad SMARTS) is 1. The Morgan fingerprint density at radius 1 is 0.675 bits per heavy atom. The van der Waals surface area contributed by atoms with Crippen LogP contribution in [0.25, 0.3) is 0 Å². The molecule has 3 N–H and O–H groups in total. The standard InChI is InChI=1S/C32H29N3O5/c1-2-3-20-35(31(38)24-12-8-5-9-13-24)28-19-18-26(21-27(28)32(39)40)34-30(37)23-14-16-25(17-15-23)33-29(36)22-10-6-4-7-11-22/h4-19,21H,2-3,20H2,1H3,(H,33,36)(H,34,37)(H,39,40). The molecule has 4 rings (SSSR count). The minimum atomic E-state index is -1.22. The van der Waals surface area contributed by atoms with Gasteiger partial charge in [-0.3, -0.25) is 14.4 Å². The van der Waals surface area contributed by atoms with Crippen LogP contribution >= 0.6 is 0 Å². The van der Waals surface area contributed by atoms with Crippen LogP contribution in [0.1, 0.15) is 61.2 Å². The van der Waals surface area contributed by atoms with Crippen LogP contribution in [0.4, 0.5) is 17.1 Å². The maximum Gasteiger partial charge on any atom is 0.337 e. The highest BCUT2D eigenvalue weighted by molar-refractivity contribution is 6.11. The molecule has 0 heterocycles. The number of hydrogen-bond donors (Lipinski definition) is 3. The summed E-state index contributed by atoms with van der Waals surface area (Å²) in [4.78, 5) is 52.2. The van der Waals surface area contributed by atoms with Gasteiger partial charge in [0.05, 0.1) is 11.3 Å². The highest BCUT2D eigenvalue weighted by atomic mass is 16.4. The first-order valence-electron chi connectivity index (χ1n) is 12.9. The van der Waals surface area contributed by atoms with Gasteiger partial charge in [0.15, 0.2) is 0 Å². The van der Waals surface area contributed by atoms with Crippen molar-refractivity contribution in [3.05, 3.63) is 125 Å². The molecular weight excluding hydrogens is 506 g/mol. The maximum absolute atomic E-state index is 13.3. The van der Waals surface area contributed by atoms with Crippen LogP contribution in [0.2, 0.25) is 0 Å². The highest BCUT2D eigenvalue weighted by Gasteiger charge is 2.23. The molecule has 202 valence electrons. The second-order valence-corrected chi connectivity index (χ2v) is 9.07. The Balaban J connectivity index is 1.51. The number of benzene rings is 4. The third-order valence-electron chi connectivity index (χ3n) is 6.22. The van der Waals surface area contributed by atoms with Crippen molar-refractivity contribution in [2.45, 2.75) is 19.8 Å². The van der Waals surface area contributed by atoms with Crippen LogP contribution in [0.5, 0.6) is 0 Å². The van der Waals surface area contributed by atoms with E-state index in [1.165, 1.54) is 17.0 Å². The predicted octanol–water partition coefficient (Wildman–Crippen LogP) is 6.34. The molecule has 0 spiro atoms. The number of amides is 3. The Morgan fingerprint density at radius 3 is 1.77 bits per heavy atom. The molecule has 0 aliphatic rings. The average Bonchev–Trinajstić information content (AvgIpc) is 2.98. The summed E-state index contributed by atoms with van der Waals surface area (Å²) in [7, 11) is 0. The second kappa shape index (κ2) is 13.0. The SMILES string of the molecule is CCCCN(C(=O)c1ccccc1)c1ccc(NC(=O)c2ccc(NC(=O)c3ccccc3)cc2)cc1C(=O)O. The third kappa shape index (κ3) is 6.79. The molecule has 0 atom stereocenters. The van der Waals surface area contributed by atoms with Gasteiger partial charge in [0.2, 0.25) is 0 Å². The summed E-state index contributed by atoms with van der Waals surface area (Å²) >= 11 is 0. The highest BCUT2D eigenvalue weighted by Crippen LogP contribution is 2.27. The normalized spacial score (nSPS) is 10.4. The second-order valence-electron chi connectivity index (χ2n) is 9.07. The lowest BCUT2D eigenvalue weighted by molar-refractivity contribution is 0.0697. The van der Waals surface area contributed by atoms with E-state index in [2.05, 4.69) is 10.6 Å². The van der Waals surface area contributed by atoms with Crippen LogP contribution in [0.15, 0.2) is 103 Å². The van der Waals surface area contributed by atoms with E-state index in [4.69, 9.17) is 0 Å². The monoisotopic (exact) mass is 535 g/mol. The summed E-state index contributed by atoms with van der Waals surface area (Å²) in [6, 6.07) is 28.3. The van der Waals surface area contributed by atoms with Crippen molar-refractivity contribution in [3.8, 4) is 0 Å². The minimum absolute atomic E-state index is 0.0999. The molecule has 8 heteroatoms. The molecule has 0 fully saturated rings. The summed E-state index contributed by atoms with van der Waals surface area (Å²) in [5, 5.41) is 15.5. The number of anilines is 3. The number of carboxylic acids is 1. The van der Waals surface area contributed by atoms with Crippen molar-refractivity contribution in [3.63, 3.8) is 0 Å². The van der Waals surface area contributed by atoms with Gasteiger partial charge in [0.25, 0.3) is 17.7 Å². The van der Waals surface area contributed by atoms with E-state index >= 15 is 0 Å². The molecule has 3 amide bonds. The van der Waals surface area contributed by atoms with E-state index < -0.39 is 11.9 Å². The Hall–Kier alpha value is -5.24. The van der Waals surface area contributed by atoms with Gasteiger partial charge in [-0.1, -0.05) is 49.7 Å². The van der Waals surface area contributed by atoms with Gasteiger partial charge >= 0.3 is 5.97 Å². The number of carbonyl (C=O) groups is 4. The number of hydrogen-bond acceptors (Lipinski definition) is 4. The van der Waals surface area contributed by atoms with E-state index in [9.17, 15) is 24.3 Å². The first-order chi connectivity index (χ1) is 19.4. The largest absolute Gasteiger partial charge is 0.478 e. The Kier molecular flexibility index (Phi) is 9.04. The molecule has 0 bridgehead atoms. The lowest BCUT2D eigenvalue weighted by Crippen LogP contribution is -2.33. The number of nitrogens with zero attached hydrogens (tertiary/aromatic N) is 1. The van der Waals surface area contributed by atoms with E-state index in [1.54, 1.807) is 78.9 Å². The van der Waals surface area contributed by atoms with E-state index in [1.807, 2.05) is 19.1 Å². The van der Waals surface area contributed by atoms with Crippen molar-refractivity contribution in [1.29, 1.82) is 0 Å². The fraction of sp³-hybridized carbons (Fsp3) is 0.125. The van der Waals surface area contributed by atoms with E-state index in [0.29, 0.717) is 35.3 Å². The number of aromatic carboxylic acids is 1. The van der Waals surface area contributed by atoms with Gasteiger partial charge in [-0.25, -0.2) is 4.79 Å². The minimum Gasteiger partial charge on any atom is -0.478 e. The van der Waals surface area contributed by atoms with Crippen LogP contribution in [-0.4, -0.2) is 35.3 Å². The van der Waals surface area contributed by atoms with Crippen molar-refractivity contribution in [2.75, 3.05) is 22.1 Å². The molecular formula is C32H29N3O5. The molecule has 0 radical (unpaired) electrons. The van der Waals surface area contributed by atoms with Gasteiger partial charge < -0.3 is 20.6 Å². The molecule has 40 heavy (non-hydrogen) atoms. The summed E-state index contributed by atoms with van der Waals surface area (Å²) in [6.07, 6.45) is 1.52. The Morgan fingerprint density at radius 2 is 1.20 bits per heavy atom. The van der Waals surface area contributed by atoms with Gasteiger partial charge in [-0.2, -0.15) is 0 Å². The third-order valence-corrected chi connectivity index (χ3v) is 6.22. The average molecular weight is 536 g/mol. The molecule has 4 aromatic rings. The van der Waals surface area contributed by atoms with Crippen LogP contribution in [0.3, 0.4) is 0 Å². The number of unbranched alkanes of at least 4 members (excludes halogenated alkanes) is 1. The fourth-order valence-electron chi connectivity index (χ4n) is 4.11. The van der Waals surface area contributed by atoms with Crippen LogP contribution in [0, 0.1) is 0 Å².